The van der Waals surface area contributed by atoms with Gasteiger partial charge >= 0.3 is 0 Å². The highest BCUT2D eigenvalue weighted by molar-refractivity contribution is 9.10. The molecule has 1 aliphatic carbocycles. The minimum absolute atomic E-state index is 0.189. The van der Waals surface area contributed by atoms with E-state index in [0.717, 1.165) is 17.3 Å². The molecule has 1 atom stereocenters. The molecule has 1 aromatic heterocycles. The van der Waals surface area contributed by atoms with E-state index in [0.29, 0.717) is 0 Å². The van der Waals surface area contributed by atoms with E-state index in [-0.39, 0.29) is 6.04 Å². The summed E-state index contributed by atoms with van der Waals surface area (Å²) in [5.74, 6) is 0. The van der Waals surface area contributed by atoms with E-state index >= 15 is 0 Å². The number of aromatic amines is 1. The molecule has 0 aliphatic heterocycles. The molecular formula is C13H15BrN2. The van der Waals surface area contributed by atoms with Gasteiger partial charge in [-0.15, -0.1) is 0 Å². The van der Waals surface area contributed by atoms with Crippen LogP contribution in [0.2, 0.25) is 0 Å². The number of nitrogens with one attached hydrogen (secondary N) is 1. The Kier molecular flexibility index (Phi) is 2.33. The van der Waals surface area contributed by atoms with Crippen molar-refractivity contribution in [1.29, 1.82) is 0 Å². The Morgan fingerprint density at radius 1 is 1.44 bits per heavy atom. The summed E-state index contributed by atoms with van der Waals surface area (Å²) in [6.45, 7) is 2.14. The van der Waals surface area contributed by atoms with Crippen LogP contribution in [0.25, 0.3) is 10.9 Å². The number of halogens is 1. The van der Waals surface area contributed by atoms with Gasteiger partial charge in [0.15, 0.2) is 0 Å². The third-order valence-corrected chi connectivity index (χ3v) is 3.98. The van der Waals surface area contributed by atoms with Gasteiger partial charge in [-0.2, -0.15) is 0 Å². The van der Waals surface area contributed by atoms with Crippen LogP contribution in [-0.2, 0) is 6.42 Å². The molecule has 1 aliphatic rings. The summed E-state index contributed by atoms with van der Waals surface area (Å²) in [6, 6.07) is 4.54. The molecule has 0 radical (unpaired) electrons. The van der Waals surface area contributed by atoms with Crippen molar-refractivity contribution in [3.63, 3.8) is 0 Å². The molecule has 3 heteroatoms. The lowest BCUT2D eigenvalue weighted by Crippen LogP contribution is -2.16. The lowest BCUT2D eigenvalue weighted by Gasteiger charge is -2.18. The van der Waals surface area contributed by atoms with Crippen molar-refractivity contribution in [2.75, 3.05) is 0 Å². The molecule has 2 nitrogen and oxygen atoms in total. The normalized spacial score (nSPS) is 20.1. The maximum atomic E-state index is 6.16. The van der Waals surface area contributed by atoms with Crippen LogP contribution in [0.4, 0.5) is 0 Å². The zero-order valence-electron chi connectivity index (χ0n) is 9.31. The molecule has 84 valence electrons. The van der Waals surface area contributed by atoms with Crippen LogP contribution in [0, 0.1) is 6.92 Å². The summed E-state index contributed by atoms with van der Waals surface area (Å²) in [5.41, 5.74) is 11.4. The van der Waals surface area contributed by atoms with Gasteiger partial charge < -0.3 is 10.7 Å². The van der Waals surface area contributed by atoms with Crippen LogP contribution in [0.5, 0.6) is 0 Å². The van der Waals surface area contributed by atoms with Crippen molar-refractivity contribution in [1.82, 2.24) is 4.98 Å². The average Bonchev–Trinajstić information content (AvgIpc) is 2.59. The number of nitrogens with two attached hydrogens (primary N) is 1. The van der Waals surface area contributed by atoms with E-state index in [1.165, 1.54) is 34.1 Å². The van der Waals surface area contributed by atoms with Gasteiger partial charge in [0.05, 0.1) is 0 Å². The number of aromatic nitrogens is 1. The van der Waals surface area contributed by atoms with Crippen molar-refractivity contribution >= 4 is 26.8 Å². The number of hydrogen-bond donors (Lipinski definition) is 2. The first-order valence-electron chi connectivity index (χ1n) is 5.73. The van der Waals surface area contributed by atoms with Gasteiger partial charge in [0.25, 0.3) is 0 Å². The second kappa shape index (κ2) is 3.60. The molecule has 3 rings (SSSR count). The Morgan fingerprint density at radius 3 is 3.06 bits per heavy atom. The monoisotopic (exact) mass is 278 g/mol. The zero-order chi connectivity index (χ0) is 11.3. The van der Waals surface area contributed by atoms with Gasteiger partial charge in [-0.25, -0.2) is 0 Å². The second-order valence-corrected chi connectivity index (χ2v) is 5.58. The molecule has 0 amide bonds. The lowest BCUT2D eigenvalue weighted by molar-refractivity contribution is 0.562. The van der Waals surface area contributed by atoms with Crippen LogP contribution in [0.3, 0.4) is 0 Å². The van der Waals surface area contributed by atoms with Gasteiger partial charge in [-0.05, 0) is 49.4 Å². The quantitative estimate of drug-likeness (QED) is 0.760. The van der Waals surface area contributed by atoms with Gasteiger partial charge in [0.1, 0.15) is 0 Å². The van der Waals surface area contributed by atoms with E-state index in [2.05, 4.69) is 40.0 Å². The number of hydrogen-bond acceptors (Lipinski definition) is 1. The highest BCUT2D eigenvalue weighted by atomic mass is 79.9. The Balaban J connectivity index is 2.36. The first-order valence-corrected chi connectivity index (χ1v) is 6.52. The van der Waals surface area contributed by atoms with Crippen LogP contribution in [0.15, 0.2) is 16.6 Å². The molecule has 1 unspecified atom stereocenters. The molecule has 1 aromatic carbocycles. The molecule has 0 bridgehead atoms. The van der Waals surface area contributed by atoms with Gasteiger partial charge in [-0.3, -0.25) is 0 Å². The molecule has 1 heterocycles. The largest absolute Gasteiger partial charge is 0.357 e. The van der Waals surface area contributed by atoms with Crippen molar-refractivity contribution in [2.45, 2.75) is 32.2 Å². The Morgan fingerprint density at radius 2 is 2.25 bits per heavy atom. The minimum Gasteiger partial charge on any atom is -0.357 e. The van der Waals surface area contributed by atoms with Gasteiger partial charge in [0.2, 0.25) is 0 Å². The topological polar surface area (TPSA) is 41.8 Å². The summed E-state index contributed by atoms with van der Waals surface area (Å²) in [4.78, 5) is 3.52. The number of benzene rings is 1. The van der Waals surface area contributed by atoms with E-state index in [9.17, 15) is 0 Å². The van der Waals surface area contributed by atoms with Crippen molar-refractivity contribution in [2.24, 2.45) is 5.73 Å². The SMILES string of the molecule is Cc1cc(Br)cc2c3c([nH]c12)C(N)CCC3. The number of H-pyrrole nitrogens is 1. The molecule has 0 saturated heterocycles. The van der Waals surface area contributed by atoms with Crippen LogP contribution in [0.1, 0.15) is 35.7 Å². The maximum absolute atomic E-state index is 6.16. The standard InChI is InChI=1S/C13H15BrN2/c1-7-5-8(14)6-10-9-3-2-4-11(15)13(9)16-12(7)10/h5-6,11,16H,2-4,15H2,1H3. The molecule has 0 saturated carbocycles. The highest BCUT2D eigenvalue weighted by Gasteiger charge is 2.21. The van der Waals surface area contributed by atoms with Gasteiger partial charge in [0, 0.05) is 27.1 Å². The average molecular weight is 279 g/mol. The predicted octanol–water partition coefficient (Wildman–Crippen LogP) is 3.57. The second-order valence-electron chi connectivity index (χ2n) is 4.66. The molecule has 3 N–H and O–H groups in total. The Bertz CT molecular complexity index is 557. The van der Waals surface area contributed by atoms with Gasteiger partial charge in [-0.1, -0.05) is 15.9 Å². The lowest BCUT2D eigenvalue weighted by atomic mass is 9.92. The van der Waals surface area contributed by atoms with Crippen molar-refractivity contribution in [3.8, 4) is 0 Å². The molecule has 0 fully saturated rings. The van der Waals surface area contributed by atoms with E-state index < -0.39 is 0 Å². The Hall–Kier alpha value is -0.800. The summed E-state index contributed by atoms with van der Waals surface area (Å²) in [5, 5.41) is 1.34. The van der Waals surface area contributed by atoms with Crippen LogP contribution < -0.4 is 5.73 Å². The summed E-state index contributed by atoms with van der Waals surface area (Å²) in [7, 11) is 0. The molecule has 0 spiro atoms. The van der Waals surface area contributed by atoms with E-state index in [1.807, 2.05) is 0 Å². The minimum atomic E-state index is 0.189. The molecule has 2 aromatic rings. The zero-order valence-corrected chi connectivity index (χ0v) is 10.9. The predicted molar refractivity (Wildman–Crippen MR) is 70.6 cm³/mol. The van der Waals surface area contributed by atoms with Crippen molar-refractivity contribution in [3.05, 3.63) is 33.4 Å². The number of fused-ring (bicyclic) bond motifs is 3. The van der Waals surface area contributed by atoms with Crippen LogP contribution >= 0.6 is 15.9 Å². The van der Waals surface area contributed by atoms with E-state index in [1.54, 1.807) is 0 Å². The van der Waals surface area contributed by atoms with Crippen LogP contribution in [-0.4, -0.2) is 4.98 Å². The highest BCUT2D eigenvalue weighted by Crippen LogP contribution is 2.35. The fourth-order valence-corrected chi connectivity index (χ4v) is 3.30. The summed E-state index contributed by atoms with van der Waals surface area (Å²) >= 11 is 3.57. The molecular weight excluding hydrogens is 264 g/mol. The fourth-order valence-electron chi connectivity index (χ4n) is 2.73. The van der Waals surface area contributed by atoms with Crippen molar-refractivity contribution < 1.29 is 0 Å². The summed E-state index contributed by atoms with van der Waals surface area (Å²) in [6.07, 6.45) is 3.45. The van der Waals surface area contributed by atoms with E-state index in [4.69, 9.17) is 5.73 Å². The number of rotatable bonds is 0. The third-order valence-electron chi connectivity index (χ3n) is 3.52. The number of aryl methyl sites for hydroxylation is 2. The maximum Gasteiger partial charge on any atom is 0.0489 e. The third kappa shape index (κ3) is 1.42. The summed E-state index contributed by atoms with van der Waals surface area (Å²) < 4.78 is 1.15. The molecule has 16 heavy (non-hydrogen) atoms. The first kappa shape index (κ1) is 10.4. The Labute approximate surface area is 103 Å². The smallest absolute Gasteiger partial charge is 0.0489 e. The fraction of sp³-hybridized carbons (Fsp3) is 0.385. The first-order chi connectivity index (χ1) is 7.66.